The first kappa shape index (κ1) is 12.4. The number of furan rings is 1. The van der Waals surface area contributed by atoms with Crippen LogP contribution in [0.25, 0.3) is 0 Å². The highest BCUT2D eigenvalue weighted by molar-refractivity contribution is 7.80. The lowest BCUT2D eigenvalue weighted by molar-refractivity contribution is 0.415. The van der Waals surface area contributed by atoms with Crippen LogP contribution in [0.4, 0.5) is 5.82 Å². The Morgan fingerprint density at radius 1 is 1.44 bits per heavy atom. The second kappa shape index (κ2) is 6.02. The first-order valence-electron chi connectivity index (χ1n) is 5.36. The van der Waals surface area contributed by atoms with Crippen LogP contribution >= 0.6 is 12.2 Å². The molecule has 0 saturated heterocycles. The SMILES string of the molecule is COc1cccnc1NC(=S)NCc1ccco1. The van der Waals surface area contributed by atoms with Crippen molar-refractivity contribution in [1.29, 1.82) is 0 Å². The van der Waals surface area contributed by atoms with E-state index in [4.69, 9.17) is 21.4 Å². The number of thiocarbonyl (C=S) groups is 1. The van der Waals surface area contributed by atoms with E-state index in [0.29, 0.717) is 23.2 Å². The van der Waals surface area contributed by atoms with Crippen molar-refractivity contribution in [3.63, 3.8) is 0 Å². The fraction of sp³-hybridized carbons (Fsp3) is 0.167. The van der Waals surface area contributed by atoms with Gasteiger partial charge in [-0.05, 0) is 36.5 Å². The van der Waals surface area contributed by atoms with E-state index in [1.165, 1.54) is 0 Å². The van der Waals surface area contributed by atoms with Gasteiger partial charge in [0.2, 0.25) is 0 Å². The molecule has 6 heteroatoms. The number of ether oxygens (including phenoxy) is 1. The van der Waals surface area contributed by atoms with Crippen molar-refractivity contribution >= 4 is 23.1 Å². The Balaban J connectivity index is 1.90. The third kappa shape index (κ3) is 3.21. The lowest BCUT2D eigenvalue weighted by Crippen LogP contribution is -2.28. The van der Waals surface area contributed by atoms with Crippen LogP contribution in [0.5, 0.6) is 5.75 Å². The molecule has 2 N–H and O–H groups in total. The molecule has 2 aromatic heterocycles. The topological polar surface area (TPSA) is 59.3 Å². The number of nitrogens with zero attached hydrogens (tertiary/aromatic N) is 1. The Kier molecular flexibility index (Phi) is 4.14. The Bertz CT molecular complexity index is 514. The van der Waals surface area contributed by atoms with Gasteiger partial charge in [0.25, 0.3) is 0 Å². The summed E-state index contributed by atoms with van der Waals surface area (Å²) < 4.78 is 10.4. The second-order valence-electron chi connectivity index (χ2n) is 3.44. The standard InChI is InChI=1S/C12H13N3O2S/c1-16-10-5-2-6-13-11(10)15-12(18)14-8-9-4-3-7-17-9/h2-7H,8H2,1H3,(H2,13,14,15,18). The van der Waals surface area contributed by atoms with E-state index in [-0.39, 0.29) is 0 Å². The predicted octanol–water partition coefficient (Wildman–Crippen LogP) is 2.17. The highest BCUT2D eigenvalue weighted by atomic mass is 32.1. The fourth-order valence-electron chi connectivity index (χ4n) is 1.38. The highest BCUT2D eigenvalue weighted by Crippen LogP contribution is 2.19. The molecule has 0 unspecified atom stereocenters. The van der Waals surface area contributed by atoms with E-state index < -0.39 is 0 Å². The molecule has 0 amide bonds. The Labute approximate surface area is 110 Å². The molecule has 5 nitrogen and oxygen atoms in total. The zero-order valence-electron chi connectivity index (χ0n) is 9.84. The fourth-order valence-corrected chi connectivity index (χ4v) is 1.55. The molecule has 0 aliphatic heterocycles. The molecular weight excluding hydrogens is 250 g/mol. The largest absolute Gasteiger partial charge is 0.493 e. The van der Waals surface area contributed by atoms with Gasteiger partial charge < -0.3 is 19.8 Å². The van der Waals surface area contributed by atoms with Crippen LogP contribution in [0.3, 0.4) is 0 Å². The van der Waals surface area contributed by atoms with Gasteiger partial charge in [-0.25, -0.2) is 4.98 Å². The summed E-state index contributed by atoms with van der Waals surface area (Å²) in [6, 6.07) is 7.31. The van der Waals surface area contributed by atoms with Gasteiger partial charge >= 0.3 is 0 Å². The summed E-state index contributed by atoms with van der Waals surface area (Å²) in [7, 11) is 1.58. The number of pyridine rings is 1. The highest BCUT2D eigenvalue weighted by Gasteiger charge is 2.05. The first-order valence-corrected chi connectivity index (χ1v) is 5.76. The number of hydrogen-bond acceptors (Lipinski definition) is 4. The van der Waals surface area contributed by atoms with Gasteiger partial charge in [0.15, 0.2) is 16.7 Å². The van der Waals surface area contributed by atoms with Crippen LogP contribution in [0.2, 0.25) is 0 Å². The van der Waals surface area contributed by atoms with Crippen molar-refractivity contribution in [3.8, 4) is 5.75 Å². The average Bonchev–Trinajstić information content (AvgIpc) is 2.90. The van der Waals surface area contributed by atoms with Crippen LogP contribution in [-0.2, 0) is 6.54 Å². The van der Waals surface area contributed by atoms with Gasteiger partial charge in [0.05, 0.1) is 19.9 Å². The van der Waals surface area contributed by atoms with Crippen LogP contribution in [0, 0.1) is 0 Å². The third-order valence-electron chi connectivity index (χ3n) is 2.23. The second-order valence-corrected chi connectivity index (χ2v) is 3.85. The van der Waals surface area contributed by atoms with Crippen LogP contribution < -0.4 is 15.4 Å². The van der Waals surface area contributed by atoms with E-state index in [2.05, 4.69) is 15.6 Å². The summed E-state index contributed by atoms with van der Waals surface area (Å²) in [6.45, 7) is 0.522. The molecule has 94 valence electrons. The van der Waals surface area contributed by atoms with Crippen molar-refractivity contribution in [2.75, 3.05) is 12.4 Å². The molecule has 0 atom stereocenters. The zero-order valence-corrected chi connectivity index (χ0v) is 10.7. The third-order valence-corrected chi connectivity index (χ3v) is 2.47. The maximum Gasteiger partial charge on any atom is 0.174 e. The van der Waals surface area contributed by atoms with Crippen LogP contribution in [-0.4, -0.2) is 17.2 Å². The lowest BCUT2D eigenvalue weighted by atomic mass is 10.4. The maximum atomic E-state index is 5.19. The molecular formula is C12H13N3O2S. The predicted molar refractivity (Wildman–Crippen MR) is 72.6 cm³/mol. The molecule has 0 fully saturated rings. The van der Waals surface area contributed by atoms with E-state index in [9.17, 15) is 0 Å². The summed E-state index contributed by atoms with van der Waals surface area (Å²) in [6.07, 6.45) is 3.29. The van der Waals surface area contributed by atoms with Crippen molar-refractivity contribution in [3.05, 3.63) is 42.5 Å². The maximum absolute atomic E-state index is 5.19. The molecule has 2 rings (SSSR count). The number of rotatable bonds is 4. The minimum Gasteiger partial charge on any atom is -0.493 e. The molecule has 0 saturated carbocycles. The molecule has 18 heavy (non-hydrogen) atoms. The van der Waals surface area contributed by atoms with Crippen molar-refractivity contribution in [2.45, 2.75) is 6.54 Å². The van der Waals surface area contributed by atoms with Gasteiger partial charge in [-0.2, -0.15) is 0 Å². The lowest BCUT2D eigenvalue weighted by Gasteiger charge is -2.11. The van der Waals surface area contributed by atoms with E-state index in [1.807, 2.05) is 18.2 Å². The summed E-state index contributed by atoms with van der Waals surface area (Å²) in [4.78, 5) is 4.15. The normalized spacial score (nSPS) is 9.83. The van der Waals surface area contributed by atoms with Crippen LogP contribution in [0.15, 0.2) is 41.1 Å². The van der Waals surface area contributed by atoms with Crippen molar-refractivity contribution < 1.29 is 9.15 Å². The van der Waals surface area contributed by atoms with Gasteiger partial charge in [0.1, 0.15) is 5.76 Å². The summed E-state index contributed by atoms with van der Waals surface area (Å²) in [5.41, 5.74) is 0. The molecule has 0 aliphatic carbocycles. The van der Waals surface area contributed by atoms with Gasteiger partial charge in [-0.3, -0.25) is 0 Å². The zero-order chi connectivity index (χ0) is 12.8. The minimum absolute atomic E-state index is 0.461. The van der Waals surface area contributed by atoms with E-state index >= 15 is 0 Å². The van der Waals surface area contributed by atoms with Gasteiger partial charge in [-0.15, -0.1) is 0 Å². The molecule has 0 spiro atoms. The number of hydrogen-bond donors (Lipinski definition) is 2. The average molecular weight is 263 g/mol. The number of nitrogens with one attached hydrogen (secondary N) is 2. The van der Waals surface area contributed by atoms with E-state index in [0.717, 1.165) is 5.76 Å². The number of anilines is 1. The summed E-state index contributed by atoms with van der Waals surface area (Å²) in [5.74, 6) is 2.03. The summed E-state index contributed by atoms with van der Waals surface area (Å²) in [5, 5.41) is 6.44. The van der Waals surface area contributed by atoms with E-state index in [1.54, 1.807) is 25.6 Å². The first-order chi connectivity index (χ1) is 8.79. The smallest absolute Gasteiger partial charge is 0.174 e. The molecule has 0 aliphatic rings. The monoisotopic (exact) mass is 263 g/mol. The molecule has 0 aromatic carbocycles. The molecule has 0 bridgehead atoms. The Morgan fingerprint density at radius 3 is 3.06 bits per heavy atom. The number of methoxy groups -OCH3 is 1. The minimum atomic E-state index is 0.461. The Morgan fingerprint density at radius 2 is 2.33 bits per heavy atom. The van der Waals surface area contributed by atoms with Crippen molar-refractivity contribution in [1.82, 2.24) is 10.3 Å². The number of aromatic nitrogens is 1. The molecule has 2 aromatic rings. The van der Waals surface area contributed by atoms with Crippen LogP contribution in [0.1, 0.15) is 5.76 Å². The van der Waals surface area contributed by atoms with Gasteiger partial charge in [-0.1, -0.05) is 0 Å². The van der Waals surface area contributed by atoms with Gasteiger partial charge in [0, 0.05) is 6.20 Å². The quantitative estimate of drug-likeness (QED) is 0.824. The summed E-state index contributed by atoms with van der Waals surface area (Å²) >= 11 is 5.16. The Hall–Kier alpha value is -2.08. The van der Waals surface area contributed by atoms with Crippen molar-refractivity contribution in [2.24, 2.45) is 0 Å². The molecule has 2 heterocycles. The molecule has 0 radical (unpaired) electrons.